The molecule has 0 atom stereocenters. The van der Waals surface area contributed by atoms with Crippen molar-refractivity contribution in [1.29, 1.82) is 0 Å². The SMILES string of the molecule is O=C1NCCN1CCCC(c1ccccc1)c1ccccc1. The summed E-state index contributed by atoms with van der Waals surface area (Å²) in [6, 6.07) is 21.4. The Morgan fingerprint density at radius 1 is 0.955 bits per heavy atom. The zero-order valence-corrected chi connectivity index (χ0v) is 12.7. The molecule has 0 aromatic heterocycles. The molecule has 1 N–H and O–H groups in total. The number of benzene rings is 2. The van der Waals surface area contributed by atoms with Crippen molar-refractivity contribution in [2.75, 3.05) is 19.6 Å². The highest BCUT2D eigenvalue weighted by Crippen LogP contribution is 2.29. The van der Waals surface area contributed by atoms with Crippen LogP contribution in [-0.2, 0) is 0 Å². The van der Waals surface area contributed by atoms with Gasteiger partial charge in [-0.1, -0.05) is 60.7 Å². The number of hydrogen-bond acceptors (Lipinski definition) is 1. The molecule has 1 saturated heterocycles. The van der Waals surface area contributed by atoms with Crippen LogP contribution >= 0.6 is 0 Å². The summed E-state index contributed by atoms with van der Waals surface area (Å²) in [4.78, 5) is 13.5. The summed E-state index contributed by atoms with van der Waals surface area (Å²) in [5.74, 6) is 0.396. The lowest BCUT2D eigenvalue weighted by Gasteiger charge is -2.20. The Bertz CT molecular complexity index is 558. The van der Waals surface area contributed by atoms with Crippen molar-refractivity contribution in [1.82, 2.24) is 10.2 Å². The van der Waals surface area contributed by atoms with Gasteiger partial charge >= 0.3 is 6.03 Å². The van der Waals surface area contributed by atoms with Crippen LogP contribution in [0, 0.1) is 0 Å². The number of hydrogen-bond donors (Lipinski definition) is 1. The normalized spacial score (nSPS) is 14.4. The smallest absolute Gasteiger partial charge is 0.317 e. The molecule has 0 saturated carbocycles. The maximum atomic E-state index is 11.6. The summed E-state index contributed by atoms with van der Waals surface area (Å²) in [6.07, 6.45) is 2.07. The first kappa shape index (κ1) is 14.6. The van der Waals surface area contributed by atoms with Crippen LogP contribution in [0.1, 0.15) is 29.9 Å². The van der Waals surface area contributed by atoms with Gasteiger partial charge in [-0.05, 0) is 24.0 Å². The van der Waals surface area contributed by atoms with E-state index in [2.05, 4.69) is 66.0 Å². The summed E-state index contributed by atoms with van der Waals surface area (Å²) in [5.41, 5.74) is 2.69. The fraction of sp³-hybridized carbons (Fsp3) is 0.316. The quantitative estimate of drug-likeness (QED) is 0.867. The van der Waals surface area contributed by atoms with Gasteiger partial charge in [0.2, 0.25) is 0 Å². The Morgan fingerprint density at radius 3 is 2.05 bits per heavy atom. The van der Waals surface area contributed by atoms with Crippen molar-refractivity contribution < 1.29 is 4.79 Å². The molecule has 3 nitrogen and oxygen atoms in total. The van der Waals surface area contributed by atoms with Gasteiger partial charge in [-0.3, -0.25) is 0 Å². The van der Waals surface area contributed by atoms with Gasteiger partial charge in [0.1, 0.15) is 0 Å². The molecular formula is C19H22N2O. The van der Waals surface area contributed by atoms with E-state index >= 15 is 0 Å². The molecule has 1 fully saturated rings. The van der Waals surface area contributed by atoms with E-state index in [-0.39, 0.29) is 6.03 Å². The van der Waals surface area contributed by atoms with Crippen LogP contribution in [-0.4, -0.2) is 30.6 Å². The van der Waals surface area contributed by atoms with Crippen LogP contribution < -0.4 is 5.32 Å². The van der Waals surface area contributed by atoms with Crippen molar-refractivity contribution in [2.45, 2.75) is 18.8 Å². The zero-order valence-electron chi connectivity index (χ0n) is 12.7. The van der Waals surface area contributed by atoms with Crippen LogP contribution in [0.2, 0.25) is 0 Å². The standard InChI is InChI=1S/C19H22N2O/c22-19-20-13-15-21(19)14-7-12-18(16-8-3-1-4-9-16)17-10-5-2-6-11-17/h1-6,8-11,18H,7,12-15H2,(H,20,22). The van der Waals surface area contributed by atoms with Gasteiger partial charge in [0.25, 0.3) is 0 Å². The number of amides is 2. The Hall–Kier alpha value is -2.29. The summed E-state index contributed by atoms with van der Waals surface area (Å²) in [5, 5.41) is 2.86. The molecule has 0 bridgehead atoms. The molecule has 0 aliphatic carbocycles. The fourth-order valence-electron chi connectivity index (χ4n) is 3.11. The minimum atomic E-state index is 0.0796. The fourth-order valence-corrected chi connectivity index (χ4v) is 3.11. The average molecular weight is 294 g/mol. The van der Waals surface area contributed by atoms with Crippen molar-refractivity contribution in [2.24, 2.45) is 0 Å². The van der Waals surface area contributed by atoms with E-state index < -0.39 is 0 Å². The monoisotopic (exact) mass is 294 g/mol. The van der Waals surface area contributed by atoms with Crippen LogP contribution in [0.5, 0.6) is 0 Å². The lowest BCUT2D eigenvalue weighted by Crippen LogP contribution is -2.29. The lowest BCUT2D eigenvalue weighted by atomic mass is 9.87. The Labute approximate surface area is 132 Å². The summed E-state index contributed by atoms with van der Waals surface area (Å²) in [6.45, 7) is 2.45. The zero-order chi connectivity index (χ0) is 15.2. The molecule has 2 aromatic carbocycles. The predicted octanol–water partition coefficient (Wildman–Crippen LogP) is 3.62. The van der Waals surface area contributed by atoms with Gasteiger partial charge in [0.05, 0.1) is 0 Å². The van der Waals surface area contributed by atoms with Crippen molar-refractivity contribution >= 4 is 6.03 Å². The predicted molar refractivity (Wildman–Crippen MR) is 88.9 cm³/mol. The van der Waals surface area contributed by atoms with E-state index in [1.807, 2.05) is 4.90 Å². The van der Waals surface area contributed by atoms with E-state index in [1.165, 1.54) is 11.1 Å². The summed E-state index contributed by atoms with van der Waals surface area (Å²) >= 11 is 0. The van der Waals surface area contributed by atoms with Crippen molar-refractivity contribution in [3.05, 3.63) is 71.8 Å². The molecule has 114 valence electrons. The van der Waals surface area contributed by atoms with Crippen LogP contribution in [0.4, 0.5) is 4.79 Å². The molecule has 3 rings (SSSR count). The molecular weight excluding hydrogens is 272 g/mol. The topological polar surface area (TPSA) is 32.3 Å². The molecule has 3 heteroatoms. The molecule has 0 radical (unpaired) electrons. The second kappa shape index (κ2) is 7.12. The molecule has 1 aliphatic heterocycles. The third kappa shape index (κ3) is 3.48. The number of urea groups is 1. The van der Waals surface area contributed by atoms with Crippen LogP contribution in [0.15, 0.2) is 60.7 Å². The third-order valence-electron chi connectivity index (χ3n) is 4.27. The number of carbonyl (C=O) groups excluding carboxylic acids is 1. The van der Waals surface area contributed by atoms with Gasteiger partial charge in [-0.2, -0.15) is 0 Å². The van der Waals surface area contributed by atoms with Gasteiger partial charge in [0.15, 0.2) is 0 Å². The highest BCUT2D eigenvalue weighted by Gasteiger charge is 2.20. The first-order valence-corrected chi connectivity index (χ1v) is 7.97. The Morgan fingerprint density at radius 2 is 1.55 bits per heavy atom. The number of nitrogens with zero attached hydrogens (tertiary/aromatic N) is 1. The maximum Gasteiger partial charge on any atom is 0.317 e. The molecule has 2 aromatic rings. The van der Waals surface area contributed by atoms with E-state index in [4.69, 9.17) is 0 Å². The second-order valence-corrected chi connectivity index (χ2v) is 5.74. The van der Waals surface area contributed by atoms with Crippen molar-refractivity contribution in [3.8, 4) is 0 Å². The highest BCUT2D eigenvalue weighted by molar-refractivity contribution is 5.76. The molecule has 0 spiro atoms. The highest BCUT2D eigenvalue weighted by atomic mass is 16.2. The van der Waals surface area contributed by atoms with Gasteiger partial charge in [-0.15, -0.1) is 0 Å². The summed E-state index contributed by atoms with van der Waals surface area (Å²) in [7, 11) is 0. The second-order valence-electron chi connectivity index (χ2n) is 5.74. The van der Waals surface area contributed by atoms with Crippen molar-refractivity contribution in [3.63, 3.8) is 0 Å². The van der Waals surface area contributed by atoms with E-state index in [0.29, 0.717) is 5.92 Å². The number of rotatable bonds is 6. The van der Waals surface area contributed by atoms with E-state index in [9.17, 15) is 4.79 Å². The van der Waals surface area contributed by atoms with Crippen LogP contribution in [0.3, 0.4) is 0 Å². The minimum absolute atomic E-state index is 0.0796. The number of carbonyl (C=O) groups is 1. The Balaban J connectivity index is 1.68. The molecule has 22 heavy (non-hydrogen) atoms. The van der Waals surface area contributed by atoms with E-state index in [0.717, 1.165) is 32.5 Å². The van der Waals surface area contributed by atoms with Gasteiger partial charge in [0, 0.05) is 25.6 Å². The largest absolute Gasteiger partial charge is 0.336 e. The minimum Gasteiger partial charge on any atom is -0.336 e. The summed E-state index contributed by atoms with van der Waals surface area (Å²) < 4.78 is 0. The maximum absolute atomic E-state index is 11.6. The van der Waals surface area contributed by atoms with Gasteiger partial charge in [-0.25, -0.2) is 4.79 Å². The van der Waals surface area contributed by atoms with Crippen LogP contribution in [0.25, 0.3) is 0 Å². The molecule has 1 heterocycles. The molecule has 1 aliphatic rings. The third-order valence-corrected chi connectivity index (χ3v) is 4.27. The van der Waals surface area contributed by atoms with E-state index in [1.54, 1.807) is 0 Å². The Kier molecular flexibility index (Phi) is 4.74. The first-order chi connectivity index (χ1) is 10.8. The number of nitrogens with one attached hydrogen (secondary N) is 1. The molecule has 2 amide bonds. The van der Waals surface area contributed by atoms with Gasteiger partial charge < -0.3 is 10.2 Å². The lowest BCUT2D eigenvalue weighted by molar-refractivity contribution is 0.216. The molecule has 0 unspecified atom stereocenters. The average Bonchev–Trinajstić information content (AvgIpc) is 2.98. The first-order valence-electron chi connectivity index (χ1n) is 7.97.